The number of nitrogens with zero attached hydrogens (tertiary/aromatic N) is 2. The van der Waals surface area contributed by atoms with E-state index in [1.54, 1.807) is 14.1 Å². The molecule has 0 aliphatic heterocycles. The van der Waals surface area contributed by atoms with Crippen LogP contribution in [0.1, 0.15) is 26.3 Å². The van der Waals surface area contributed by atoms with Gasteiger partial charge in [0.2, 0.25) is 5.91 Å². The zero-order valence-corrected chi connectivity index (χ0v) is 20.6. The van der Waals surface area contributed by atoms with Crippen molar-refractivity contribution in [3.63, 3.8) is 0 Å². The highest BCUT2D eigenvalue weighted by molar-refractivity contribution is 5.93. The number of fused-ring (bicyclic) bond motifs is 1. The highest BCUT2D eigenvalue weighted by Crippen LogP contribution is 2.19. The number of nitrogens with one attached hydrogen (secondary N) is 2. The number of amides is 2. The second-order valence-corrected chi connectivity index (χ2v) is 8.79. The monoisotopic (exact) mass is 476 g/mol. The fourth-order valence-electron chi connectivity index (χ4n) is 3.69. The maximum Gasteiger partial charge on any atom is 0.261 e. The summed E-state index contributed by atoms with van der Waals surface area (Å²) in [7, 11) is 4.71. The SMILES string of the molecule is CO[C@H](/C(=N/OCC(=O)N[C@@H](Cc1c[nH]c2ccccc12)C(=O)N(C)C)C(O)C(C)O)C(C)C. The summed E-state index contributed by atoms with van der Waals surface area (Å²) < 4.78 is 5.38. The Morgan fingerprint density at radius 3 is 2.44 bits per heavy atom. The van der Waals surface area contributed by atoms with Crippen molar-refractivity contribution in [3.8, 4) is 0 Å². The van der Waals surface area contributed by atoms with Gasteiger partial charge in [-0.3, -0.25) is 9.59 Å². The number of hydrogen-bond donors (Lipinski definition) is 4. The van der Waals surface area contributed by atoms with Gasteiger partial charge in [-0.05, 0) is 24.5 Å². The number of aliphatic hydroxyl groups excluding tert-OH is 2. The third kappa shape index (κ3) is 7.02. The van der Waals surface area contributed by atoms with Crippen LogP contribution in [0.25, 0.3) is 10.9 Å². The van der Waals surface area contributed by atoms with E-state index in [2.05, 4.69) is 15.5 Å². The quantitative estimate of drug-likeness (QED) is 0.267. The molecule has 10 heteroatoms. The van der Waals surface area contributed by atoms with E-state index in [-0.39, 0.29) is 17.5 Å². The molecule has 0 fully saturated rings. The minimum absolute atomic E-state index is 0.0622. The average molecular weight is 477 g/mol. The largest absolute Gasteiger partial charge is 0.390 e. The molecule has 1 aromatic carbocycles. The van der Waals surface area contributed by atoms with E-state index in [4.69, 9.17) is 9.57 Å². The maximum atomic E-state index is 12.7. The molecule has 10 nitrogen and oxygen atoms in total. The Labute approximate surface area is 199 Å². The lowest BCUT2D eigenvalue weighted by molar-refractivity contribution is -0.135. The first-order valence-electron chi connectivity index (χ1n) is 11.2. The van der Waals surface area contributed by atoms with Gasteiger partial charge in [0.15, 0.2) is 6.61 Å². The average Bonchev–Trinajstić information content (AvgIpc) is 3.19. The van der Waals surface area contributed by atoms with Gasteiger partial charge in [-0.1, -0.05) is 37.2 Å². The van der Waals surface area contributed by atoms with Crippen LogP contribution in [0.5, 0.6) is 0 Å². The van der Waals surface area contributed by atoms with Crippen molar-refractivity contribution in [1.29, 1.82) is 0 Å². The topological polar surface area (TPSA) is 136 Å². The molecule has 4 atom stereocenters. The first-order chi connectivity index (χ1) is 16.1. The maximum absolute atomic E-state index is 12.7. The van der Waals surface area contributed by atoms with Gasteiger partial charge >= 0.3 is 0 Å². The van der Waals surface area contributed by atoms with Crippen LogP contribution >= 0.6 is 0 Å². The lowest BCUT2D eigenvalue weighted by atomic mass is 9.96. The highest BCUT2D eigenvalue weighted by atomic mass is 16.6. The summed E-state index contributed by atoms with van der Waals surface area (Å²) in [5.74, 6) is -0.868. The van der Waals surface area contributed by atoms with E-state index in [1.165, 1.54) is 18.9 Å². The summed E-state index contributed by atoms with van der Waals surface area (Å²) >= 11 is 0. The van der Waals surface area contributed by atoms with Gasteiger partial charge in [-0.15, -0.1) is 0 Å². The second-order valence-electron chi connectivity index (χ2n) is 8.79. The Balaban J connectivity index is 2.13. The zero-order valence-electron chi connectivity index (χ0n) is 20.6. The summed E-state index contributed by atoms with van der Waals surface area (Å²) in [6.45, 7) is 4.68. The lowest BCUT2D eigenvalue weighted by Gasteiger charge is -2.25. The van der Waals surface area contributed by atoms with Crippen LogP contribution in [-0.4, -0.2) is 89.8 Å². The van der Waals surface area contributed by atoms with Crippen molar-refractivity contribution >= 4 is 28.4 Å². The summed E-state index contributed by atoms with van der Waals surface area (Å²) in [6.07, 6.45) is -0.918. The number of aromatic nitrogens is 1. The molecule has 0 radical (unpaired) electrons. The molecule has 34 heavy (non-hydrogen) atoms. The molecular weight excluding hydrogens is 440 g/mol. The fraction of sp³-hybridized carbons (Fsp3) is 0.542. The van der Waals surface area contributed by atoms with Crippen molar-refractivity contribution < 1.29 is 29.4 Å². The third-order valence-corrected chi connectivity index (χ3v) is 5.45. The summed E-state index contributed by atoms with van der Waals surface area (Å²) in [4.78, 5) is 35.1. The molecule has 4 N–H and O–H groups in total. The van der Waals surface area contributed by atoms with Crippen LogP contribution < -0.4 is 5.32 Å². The Kier molecular flexibility index (Phi) is 10.0. The van der Waals surface area contributed by atoms with Crippen LogP contribution in [0.15, 0.2) is 35.6 Å². The van der Waals surface area contributed by atoms with Crippen molar-refractivity contribution in [2.24, 2.45) is 11.1 Å². The number of aromatic amines is 1. The van der Waals surface area contributed by atoms with Gasteiger partial charge in [0.05, 0.1) is 6.10 Å². The van der Waals surface area contributed by atoms with Crippen LogP contribution in [0.2, 0.25) is 0 Å². The lowest BCUT2D eigenvalue weighted by Crippen LogP contribution is -2.48. The van der Waals surface area contributed by atoms with Gasteiger partial charge < -0.3 is 35.0 Å². The number of carbonyl (C=O) groups is 2. The number of rotatable bonds is 12. The molecule has 2 unspecified atom stereocenters. The number of H-pyrrole nitrogens is 1. The Morgan fingerprint density at radius 2 is 1.85 bits per heavy atom. The number of carbonyl (C=O) groups excluding carboxylic acids is 2. The molecule has 2 amide bonds. The molecule has 0 bridgehead atoms. The van der Waals surface area contributed by atoms with Crippen LogP contribution in [0, 0.1) is 5.92 Å². The van der Waals surface area contributed by atoms with Gasteiger partial charge in [0.1, 0.15) is 24.0 Å². The van der Waals surface area contributed by atoms with Crippen molar-refractivity contribution in [2.75, 3.05) is 27.8 Å². The van der Waals surface area contributed by atoms with E-state index >= 15 is 0 Å². The Bertz CT molecular complexity index is 985. The molecule has 1 aromatic heterocycles. The molecule has 188 valence electrons. The first-order valence-corrected chi connectivity index (χ1v) is 11.2. The molecular formula is C24H36N4O6. The second kappa shape index (κ2) is 12.5. The number of ether oxygens (including phenoxy) is 1. The number of hydrogen-bond acceptors (Lipinski definition) is 7. The van der Waals surface area contributed by atoms with Crippen molar-refractivity contribution in [1.82, 2.24) is 15.2 Å². The minimum Gasteiger partial charge on any atom is -0.390 e. The van der Waals surface area contributed by atoms with Crippen LogP contribution in [-0.2, 0) is 25.6 Å². The zero-order chi connectivity index (χ0) is 25.4. The number of methoxy groups -OCH3 is 1. The predicted molar refractivity (Wildman–Crippen MR) is 129 cm³/mol. The van der Waals surface area contributed by atoms with Gasteiger partial charge in [-0.25, -0.2) is 0 Å². The highest BCUT2D eigenvalue weighted by Gasteiger charge is 2.30. The summed E-state index contributed by atoms with van der Waals surface area (Å²) in [5, 5.41) is 27.7. The van der Waals surface area contributed by atoms with Crippen LogP contribution in [0.3, 0.4) is 0 Å². The van der Waals surface area contributed by atoms with E-state index in [9.17, 15) is 19.8 Å². The summed E-state index contributed by atoms with van der Waals surface area (Å²) in [6, 6.07) is 6.92. The van der Waals surface area contributed by atoms with Gasteiger partial charge in [-0.2, -0.15) is 0 Å². The first kappa shape index (κ1) is 27.3. The molecule has 0 aliphatic carbocycles. The molecule has 1 heterocycles. The Hall–Kier alpha value is -2.95. The van der Waals surface area contributed by atoms with Crippen molar-refractivity contribution in [3.05, 3.63) is 36.0 Å². The van der Waals surface area contributed by atoms with E-state index in [0.29, 0.717) is 6.42 Å². The van der Waals surface area contributed by atoms with Gasteiger partial charge in [0, 0.05) is 44.7 Å². The van der Waals surface area contributed by atoms with Crippen LogP contribution in [0.4, 0.5) is 0 Å². The molecule has 2 rings (SSSR count). The van der Waals surface area contributed by atoms with Gasteiger partial charge in [0.25, 0.3) is 5.91 Å². The van der Waals surface area contributed by atoms with Crippen molar-refractivity contribution in [2.45, 2.75) is 51.5 Å². The minimum atomic E-state index is -1.32. The summed E-state index contributed by atoms with van der Waals surface area (Å²) in [5.41, 5.74) is 1.93. The molecule has 0 saturated carbocycles. The normalized spacial score (nSPS) is 15.6. The molecule has 0 aliphatic rings. The standard InChI is InChI=1S/C24H36N4O6/c1-14(2)23(33-6)21(22(31)15(3)29)27-34-13-20(30)26-19(24(32)28(4)5)11-16-12-25-18-10-8-7-9-17(16)18/h7-10,12,14-15,19,22-23,25,29,31H,11,13H2,1-6H3,(H,26,30)/b27-21+/t15?,19-,22?,23-/m0/s1. The number of oxime groups is 1. The molecule has 0 saturated heterocycles. The Morgan fingerprint density at radius 1 is 1.18 bits per heavy atom. The number of benzene rings is 1. The smallest absolute Gasteiger partial charge is 0.261 e. The number of para-hydroxylation sites is 1. The third-order valence-electron chi connectivity index (χ3n) is 5.45. The predicted octanol–water partition coefficient (Wildman–Crippen LogP) is 1.07. The van der Waals surface area contributed by atoms with E-state index in [0.717, 1.165) is 16.5 Å². The molecule has 0 spiro atoms. The molecule has 2 aromatic rings. The number of aliphatic hydroxyl groups is 2. The fourth-order valence-corrected chi connectivity index (χ4v) is 3.69. The van der Waals surface area contributed by atoms with E-state index < -0.39 is 36.9 Å². The van der Waals surface area contributed by atoms with E-state index in [1.807, 2.05) is 44.3 Å². The number of likely N-dealkylation sites (N-methyl/N-ethyl adjacent to an activating group) is 1.